The van der Waals surface area contributed by atoms with E-state index in [4.69, 9.17) is 0 Å². The van der Waals surface area contributed by atoms with Crippen molar-refractivity contribution in [2.75, 3.05) is 19.8 Å². The van der Waals surface area contributed by atoms with Crippen molar-refractivity contribution in [2.45, 2.75) is 19.0 Å². The summed E-state index contributed by atoms with van der Waals surface area (Å²) in [5, 5.41) is 0. The van der Waals surface area contributed by atoms with Gasteiger partial charge in [-0.15, -0.1) is 0 Å². The third-order valence-electron chi connectivity index (χ3n) is 4.68. The van der Waals surface area contributed by atoms with Gasteiger partial charge in [-0.2, -0.15) is 4.31 Å². The number of carbonyl (C=O) groups is 1. The van der Waals surface area contributed by atoms with E-state index < -0.39 is 16.1 Å². The first-order valence-corrected chi connectivity index (χ1v) is 10.1. The van der Waals surface area contributed by atoms with Crippen molar-refractivity contribution in [1.29, 1.82) is 0 Å². The first-order valence-electron chi connectivity index (χ1n) is 8.21. The summed E-state index contributed by atoms with van der Waals surface area (Å²) < 4.78 is 25.3. The molecule has 0 saturated heterocycles. The highest BCUT2D eigenvalue weighted by Gasteiger charge is 2.34. The van der Waals surface area contributed by atoms with Crippen LogP contribution in [0.1, 0.15) is 22.7 Å². The Morgan fingerprint density at radius 3 is 2.28 bits per heavy atom. The standard InChI is InChI=1S/C19H22N2O3S/c1-20(25(2,23)24)18(16-9-4-3-5-10-16)19(22)21-13-12-15-8-6-7-11-17(15)14-21/h3-11,18H,12-14H2,1-2H3. The number of carbonyl (C=O) groups excluding carboxylic acids is 1. The van der Waals surface area contributed by atoms with E-state index in [1.165, 1.54) is 12.6 Å². The van der Waals surface area contributed by atoms with Crippen molar-refractivity contribution in [1.82, 2.24) is 9.21 Å². The summed E-state index contributed by atoms with van der Waals surface area (Å²) in [7, 11) is -2.05. The van der Waals surface area contributed by atoms with E-state index in [2.05, 4.69) is 6.07 Å². The number of likely N-dealkylation sites (N-methyl/N-ethyl adjacent to an activating group) is 1. The van der Waals surface area contributed by atoms with Crippen LogP contribution in [0.25, 0.3) is 0 Å². The minimum atomic E-state index is -3.51. The average molecular weight is 358 g/mol. The summed E-state index contributed by atoms with van der Waals surface area (Å²) >= 11 is 0. The maximum Gasteiger partial charge on any atom is 0.245 e. The second-order valence-electron chi connectivity index (χ2n) is 6.37. The van der Waals surface area contributed by atoms with Gasteiger partial charge in [0, 0.05) is 20.1 Å². The quantitative estimate of drug-likeness (QED) is 0.842. The highest BCUT2D eigenvalue weighted by Crippen LogP contribution is 2.27. The Balaban J connectivity index is 1.93. The molecular weight excluding hydrogens is 336 g/mol. The Labute approximate surface area is 148 Å². The van der Waals surface area contributed by atoms with E-state index in [0.29, 0.717) is 18.7 Å². The number of hydrogen-bond donors (Lipinski definition) is 0. The number of hydrogen-bond acceptors (Lipinski definition) is 3. The molecule has 0 radical (unpaired) electrons. The second kappa shape index (κ2) is 6.98. The summed E-state index contributed by atoms with van der Waals surface area (Å²) in [6.45, 7) is 1.10. The molecule has 1 atom stereocenters. The summed E-state index contributed by atoms with van der Waals surface area (Å²) in [6, 6.07) is 16.3. The van der Waals surface area contributed by atoms with Crippen LogP contribution < -0.4 is 0 Å². The second-order valence-corrected chi connectivity index (χ2v) is 8.41. The molecule has 25 heavy (non-hydrogen) atoms. The van der Waals surface area contributed by atoms with Crippen molar-refractivity contribution >= 4 is 15.9 Å². The highest BCUT2D eigenvalue weighted by atomic mass is 32.2. The van der Waals surface area contributed by atoms with Crippen LogP contribution in [0.3, 0.4) is 0 Å². The van der Waals surface area contributed by atoms with Crippen LogP contribution in [0.4, 0.5) is 0 Å². The summed E-state index contributed by atoms with van der Waals surface area (Å²) in [6.07, 6.45) is 1.91. The molecule has 2 aromatic carbocycles. The van der Waals surface area contributed by atoms with E-state index in [1.54, 1.807) is 17.0 Å². The van der Waals surface area contributed by atoms with Gasteiger partial charge in [0.15, 0.2) is 0 Å². The van der Waals surface area contributed by atoms with Crippen molar-refractivity contribution in [3.63, 3.8) is 0 Å². The number of sulfonamides is 1. The molecule has 6 heteroatoms. The monoisotopic (exact) mass is 358 g/mol. The third-order valence-corrected chi connectivity index (χ3v) is 5.94. The van der Waals surface area contributed by atoms with Gasteiger partial charge in [-0.1, -0.05) is 54.6 Å². The molecular formula is C19H22N2O3S. The molecule has 0 saturated carbocycles. The number of nitrogens with zero attached hydrogens (tertiary/aromatic N) is 2. The molecule has 3 rings (SSSR count). The van der Waals surface area contributed by atoms with Crippen molar-refractivity contribution in [2.24, 2.45) is 0 Å². The molecule has 1 heterocycles. The molecule has 132 valence electrons. The molecule has 1 amide bonds. The molecule has 0 aliphatic carbocycles. The fourth-order valence-electron chi connectivity index (χ4n) is 3.19. The molecule has 1 aliphatic heterocycles. The summed E-state index contributed by atoms with van der Waals surface area (Å²) in [4.78, 5) is 15.0. The van der Waals surface area contributed by atoms with E-state index in [1.807, 2.05) is 36.4 Å². The van der Waals surface area contributed by atoms with Gasteiger partial charge in [0.2, 0.25) is 15.9 Å². The van der Waals surface area contributed by atoms with Crippen LogP contribution in [0.5, 0.6) is 0 Å². The molecule has 0 bridgehead atoms. The Morgan fingerprint density at radius 1 is 1.04 bits per heavy atom. The van der Waals surface area contributed by atoms with Crippen molar-refractivity contribution in [3.05, 3.63) is 71.3 Å². The van der Waals surface area contributed by atoms with Crippen molar-refractivity contribution < 1.29 is 13.2 Å². The average Bonchev–Trinajstić information content (AvgIpc) is 2.61. The van der Waals surface area contributed by atoms with Crippen LogP contribution in [0.15, 0.2) is 54.6 Å². The molecule has 1 unspecified atom stereocenters. The van der Waals surface area contributed by atoms with E-state index in [0.717, 1.165) is 22.5 Å². The third kappa shape index (κ3) is 3.75. The lowest BCUT2D eigenvalue weighted by Gasteiger charge is -2.34. The largest absolute Gasteiger partial charge is 0.336 e. The van der Waals surface area contributed by atoms with Gasteiger partial charge in [0.25, 0.3) is 0 Å². The SMILES string of the molecule is CN(C(C(=O)N1CCc2ccccc2C1)c1ccccc1)S(C)(=O)=O. The zero-order valence-corrected chi connectivity index (χ0v) is 15.2. The lowest BCUT2D eigenvalue weighted by molar-refractivity contribution is -0.136. The van der Waals surface area contributed by atoms with E-state index in [9.17, 15) is 13.2 Å². The predicted molar refractivity (Wildman–Crippen MR) is 97.4 cm³/mol. The zero-order valence-electron chi connectivity index (χ0n) is 14.4. The fourth-order valence-corrected chi connectivity index (χ4v) is 3.79. The highest BCUT2D eigenvalue weighted by molar-refractivity contribution is 7.88. The lowest BCUT2D eigenvalue weighted by Crippen LogP contribution is -2.45. The molecule has 0 N–H and O–H groups in total. The Hall–Kier alpha value is -2.18. The zero-order chi connectivity index (χ0) is 18.0. The first kappa shape index (κ1) is 17.6. The predicted octanol–water partition coefficient (Wildman–Crippen LogP) is 2.20. The normalized spacial score (nSPS) is 15.7. The Kier molecular flexibility index (Phi) is 4.92. The molecule has 5 nitrogen and oxygen atoms in total. The number of benzene rings is 2. The topological polar surface area (TPSA) is 57.7 Å². The maximum atomic E-state index is 13.2. The van der Waals surface area contributed by atoms with Crippen molar-refractivity contribution in [3.8, 4) is 0 Å². The maximum absolute atomic E-state index is 13.2. The van der Waals surface area contributed by atoms with Gasteiger partial charge in [0.05, 0.1) is 6.26 Å². The van der Waals surface area contributed by atoms with Gasteiger partial charge in [-0.3, -0.25) is 4.79 Å². The van der Waals surface area contributed by atoms with Crippen LogP contribution in [0, 0.1) is 0 Å². The van der Waals surface area contributed by atoms with Gasteiger partial charge in [-0.25, -0.2) is 8.42 Å². The van der Waals surface area contributed by atoms with Gasteiger partial charge < -0.3 is 4.90 Å². The molecule has 2 aromatic rings. The molecule has 0 aromatic heterocycles. The molecule has 0 fully saturated rings. The number of fused-ring (bicyclic) bond motifs is 1. The van der Waals surface area contributed by atoms with Gasteiger partial charge in [-0.05, 0) is 23.1 Å². The smallest absolute Gasteiger partial charge is 0.245 e. The minimum absolute atomic E-state index is 0.186. The number of rotatable bonds is 4. The molecule has 1 aliphatic rings. The van der Waals surface area contributed by atoms with E-state index in [-0.39, 0.29) is 5.91 Å². The lowest BCUT2D eigenvalue weighted by atomic mass is 9.98. The molecule has 0 spiro atoms. The van der Waals surface area contributed by atoms with Crippen LogP contribution in [-0.4, -0.2) is 43.4 Å². The summed E-state index contributed by atoms with van der Waals surface area (Å²) in [5.41, 5.74) is 3.05. The Bertz CT molecular complexity index is 865. The van der Waals surface area contributed by atoms with Gasteiger partial charge >= 0.3 is 0 Å². The Morgan fingerprint density at radius 2 is 1.64 bits per heavy atom. The summed E-state index contributed by atoms with van der Waals surface area (Å²) in [5.74, 6) is -0.186. The van der Waals surface area contributed by atoms with E-state index >= 15 is 0 Å². The fraction of sp³-hybridized carbons (Fsp3) is 0.316. The van der Waals surface area contributed by atoms with Crippen LogP contribution in [-0.2, 0) is 27.8 Å². The van der Waals surface area contributed by atoms with Crippen LogP contribution in [0.2, 0.25) is 0 Å². The number of amides is 1. The minimum Gasteiger partial charge on any atom is -0.336 e. The first-order chi connectivity index (χ1) is 11.9. The van der Waals surface area contributed by atoms with Gasteiger partial charge in [0.1, 0.15) is 6.04 Å². The van der Waals surface area contributed by atoms with Crippen LogP contribution >= 0.6 is 0 Å².